The maximum Gasteiger partial charge on any atom is 0.238 e. The Hall–Kier alpha value is -0.770. The van der Waals surface area contributed by atoms with Crippen molar-refractivity contribution in [1.29, 1.82) is 0 Å². The number of piperidine rings is 1. The zero-order valence-corrected chi connectivity index (χ0v) is 14.2. The molecule has 1 saturated heterocycles. The van der Waals surface area contributed by atoms with Crippen LogP contribution in [-0.4, -0.2) is 29.9 Å². The highest BCUT2D eigenvalue weighted by molar-refractivity contribution is 6.35. The van der Waals surface area contributed by atoms with E-state index in [9.17, 15) is 4.79 Å². The van der Waals surface area contributed by atoms with Crippen molar-refractivity contribution in [2.45, 2.75) is 44.6 Å². The van der Waals surface area contributed by atoms with Gasteiger partial charge >= 0.3 is 0 Å². The van der Waals surface area contributed by atoms with Crippen molar-refractivity contribution >= 4 is 34.8 Å². The van der Waals surface area contributed by atoms with Crippen LogP contribution in [0.3, 0.4) is 0 Å². The fraction of sp³-hybridized carbons (Fsp3) is 0.588. The third kappa shape index (κ3) is 3.76. The highest BCUT2D eigenvalue weighted by Crippen LogP contribution is 2.35. The molecule has 1 aromatic rings. The largest absolute Gasteiger partial charge is 0.324 e. The van der Waals surface area contributed by atoms with Crippen molar-refractivity contribution in [3.05, 3.63) is 28.2 Å². The number of benzene rings is 1. The van der Waals surface area contributed by atoms with Crippen LogP contribution in [-0.2, 0) is 4.79 Å². The number of likely N-dealkylation sites (tertiary alicyclic amines) is 1. The number of fused-ring (bicyclic) bond motifs is 1. The predicted molar refractivity (Wildman–Crippen MR) is 91.6 cm³/mol. The molecule has 1 aliphatic carbocycles. The van der Waals surface area contributed by atoms with E-state index in [-0.39, 0.29) is 5.91 Å². The molecule has 3 nitrogen and oxygen atoms in total. The van der Waals surface area contributed by atoms with E-state index < -0.39 is 0 Å². The summed E-state index contributed by atoms with van der Waals surface area (Å²) in [5, 5.41) is 3.99. The van der Waals surface area contributed by atoms with Gasteiger partial charge in [0, 0.05) is 11.1 Å². The van der Waals surface area contributed by atoms with E-state index in [1.54, 1.807) is 18.2 Å². The standard InChI is InChI=1S/C17H22Cl2N2O/c18-13-7-8-14(19)15(10-13)20-17(22)11-21-9-3-5-12-4-1-2-6-16(12)21/h7-8,10,12,16H,1-6,9,11H2,(H,20,22)/t12-,16-/m0/s1. The monoisotopic (exact) mass is 340 g/mol. The summed E-state index contributed by atoms with van der Waals surface area (Å²) in [6.07, 6.45) is 7.72. The molecule has 1 aliphatic heterocycles. The summed E-state index contributed by atoms with van der Waals surface area (Å²) in [6, 6.07) is 5.71. The number of carbonyl (C=O) groups excluding carboxylic acids is 1. The quantitative estimate of drug-likeness (QED) is 0.872. The molecule has 0 radical (unpaired) electrons. The smallest absolute Gasteiger partial charge is 0.238 e. The number of anilines is 1. The lowest BCUT2D eigenvalue weighted by Crippen LogP contribution is -2.49. The number of hydrogen-bond acceptors (Lipinski definition) is 2. The number of carbonyl (C=O) groups is 1. The summed E-state index contributed by atoms with van der Waals surface area (Å²) in [5.41, 5.74) is 0.594. The van der Waals surface area contributed by atoms with Crippen LogP contribution in [0.25, 0.3) is 0 Å². The van der Waals surface area contributed by atoms with Crippen LogP contribution in [0, 0.1) is 5.92 Å². The van der Waals surface area contributed by atoms with Crippen molar-refractivity contribution in [3.63, 3.8) is 0 Å². The summed E-state index contributed by atoms with van der Waals surface area (Å²) in [7, 11) is 0. The van der Waals surface area contributed by atoms with Gasteiger partial charge < -0.3 is 5.32 Å². The van der Waals surface area contributed by atoms with Crippen molar-refractivity contribution < 1.29 is 4.79 Å². The van der Waals surface area contributed by atoms with Crippen molar-refractivity contribution in [1.82, 2.24) is 4.90 Å². The van der Waals surface area contributed by atoms with Crippen LogP contribution >= 0.6 is 23.2 Å². The minimum absolute atomic E-state index is 0.00427. The molecule has 0 spiro atoms. The van der Waals surface area contributed by atoms with E-state index in [0.717, 1.165) is 12.5 Å². The first-order valence-corrected chi connectivity index (χ1v) is 8.88. The zero-order chi connectivity index (χ0) is 15.5. The van der Waals surface area contributed by atoms with Gasteiger partial charge in [0.25, 0.3) is 0 Å². The average Bonchev–Trinajstić information content (AvgIpc) is 2.51. The van der Waals surface area contributed by atoms with Crippen LogP contribution in [0.15, 0.2) is 18.2 Å². The van der Waals surface area contributed by atoms with Crippen LogP contribution in [0.2, 0.25) is 10.0 Å². The molecule has 2 aliphatic rings. The normalized spacial score (nSPS) is 25.5. The molecule has 1 heterocycles. The number of halogens is 2. The minimum atomic E-state index is -0.00427. The lowest BCUT2D eigenvalue weighted by Gasteiger charge is -2.43. The van der Waals surface area contributed by atoms with Gasteiger partial charge in [-0.3, -0.25) is 9.69 Å². The van der Waals surface area contributed by atoms with E-state index in [0.29, 0.717) is 28.3 Å². The lowest BCUT2D eigenvalue weighted by atomic mass is 9.78. The molecule has 1 aromatic carbocycles. The molecular weight excluding hydrogens is 319 g/mol. The van der Waals surface area contributed by atoms with Crippen molar-refractivity contribution in [2.24, 2.45) is 5.92 Å². The molecule has 3 rings (SSSR count). The van der Waals surface area contributed by atoms with E-state index in [2.05, 4.69) is 10.2 Å². The fourth-order valence-electron chi connectivity index (χ4n) is 3.89. The maximum absolute atomic E-state index is 12.4. The second-order valence-electron chi connectivity index (χ2n) is 6.40. The number of amides is 1. The number of rotatable bonds is 3. The van der Waals surface area contributed by atoms with Crippen molar-refractivity contribution in [3.8, 4) is 0 Å². The van der Waals surface area contributed by atoms with Crippen LogP contribution in [0.5, 0.6) is 0 Å². The van der Waals surface area contributed by atoms with Gasteiger partial charge in [-0.05, 0) is 56.3 Å². The molecule has 120 valence electrons. The molecular formula is C17H22Cl2N2O. The van der Waals surface area contributed by atoms with E-state index in [1.165, 1.54) is 38.5 Å². The molecule has 22 heavy (non-hydrogen) atoms. The third-order valence-corrected chi connectivity index (χ3v) is 5.47. The van der Waals surface area contributed by atoms with Gasteiger partial charge in [-0.25, -0.2) is 0 Å². The summed E-state index contributed by atoms with van der Waals surface area (Å²) < 4.78 is 0. The molecule has 0 unspecified atom stereocenters. The molecule has 1 saturated carbocycles. The lowest BCUT2D eigenvalue weighted by molar-refractivity contribution is -0.118. The maximum atomic E-state index is 12.4. The Morgan fingerprint density at radius 2 is 1.95 bits per heavy atom. The van der Waals surface area contributed by atoms with E-state index in [1.807, 2.05) is 0 Å². The Morgan fingerprint density at radius 1 is 1.18 bits per heavy atom. The molecule has 5 heteroatoms. The Labute approximate surface area is 142 Å². The number of nitrogens with zero attached hydrogens (tertiary/aromatic N) is 1. The van der Waals surface area contributed by atoms with Crippen LogP contribution in [0.4, 0.5) is 5.69 Å². The molecule has 0 aromatic heterocycles. The topological polar surface area (TPSA) is 32.3 Å². The van der Waals surface area contributed by atoms with Gasteiger partial charge in [0.1, 0.15) is 0 Å². The molecule has 0 bridgehead atoms. The van der Waals surface area contributed by atoms with Gasteiger partial charge in [-0.1, -0.05) is 36.0 Å². The first-order chi connectivity index (χ1) is 10.6. The van der Waals surface area contributed by atoms with E-state index >= 15 is 0 Å². The first-order valence-electron chi connectivity index (χ1n) is 8.12. The van der Waals surface area contributed by atoms with Crippen LogP contribution in [0.1, 0.15) is 38.5 Å². The Balaban J connectivity index is 1.62. The predicted octanol–water partition coefficient (Wildman–Crippen LogP) is 4.59. The summed E-state index contributed by atoms with van der Waals surface area (Å²) >= 11 is 12.1. The second-order valence-corrected chi connectivity index (χ2v) is 7.24. The molecule has 2 fully saturated rings. The Kier molecular flexibility index (Phi) is 5.27. The number of hydrogen-bond donors (Lipinski definition) is 1. The zero-order valence-electron chi connectivity index (χ0n) is 12.7. The minimum Gasteiger partial charge on any atom is -0.324 e. The fourth-order valence-corrected chi connectivity index (χ4v) is 4.23. The highest BCUT2D eigenvalue weighted by atomic mass is 35.5. The van der Waals surface area contributed by atoms with Gasteiger partial charge in [-0.15, -0.1) is 0 Å². The molecule has 1 N–H and O–H groups in total. The van der Waals surface area contributed by atoms with Gasteiger partial charge in [0.05, 0.1) is 17.3 Å². The Morgan fingerprint density at radius 3 is 2.82 bits per heavy atom. The average molecular weight is 341 g/mol. The first kappa shape index (κ1) is 16.1. The molecule has 1 amide bonds. The van der Waals surface area contributed by atoms with Gasteiger partial charge in [0.15, 0.2) is 0 Å². The third-order valence-electron chi connectivity index (χ3n) is 4.91. The Bertz CT molecular complexity index is 547. The van der Waals surface area contributed by atoms with E-state index in [4.69, 9.17) is 23.2 Å². The summed E-state index contributed by atoms with van der Waals surface area (Å²) in [6.45, 7) is 1.47. The van der Waals surface area contributed by atoms with Gasteiger partial charge in [0.2, 0.25) is 5.91 Å². The summed E-state index contributed by atoms with van der Waals surface area (Å²) in [4.78, 5) is 14.7. The highest BCUT2D eigenvalue weighted by Gasteiger charge is 2.33. The van der Waals surface area contributed by atoms with Gasteiger partial charge in [-0.2, -0.15) is 0 Å². The summed E-state index contributed by atoms with van der Waals surface area (Å²) in [5.74, 6) is 0.778. The SMILES string of the molecule is O=C(CN1CCC[C@@H]2CCCC[C@@H]21)Nc1cc(Cl)ccc1Cl. The second kappa shape index (κ2) is 7.20. The van der Waals surface area contributed by atoms with Crippen molar-refractivity contribution in [2.75, 3.05) is 18.4 Å². The molecule has 2 atom stereocenters. The number of nitrogens with one attached hydrogen (secondary N) is 1. The van der Waals surface area contributed by atoms with Crippen LogP contribution < -0.4 is 5.32 Å².